The Morgan fingerprint density at radius 1 is 0.474 bits per heavy atom. The molecule has 57 heavy (non-hydrogen) atoms. The van der Waals surface area contributed by atoms with E-state index < -0.39 is 0 Å². The fourth-order valence-electron chi connectivity index (χ4n) is 8.73. The summed E-state index contributed by atoms with van der Waals surface area (Å²) in [5.74, 6) is 18.6. The van der Waals surface area contributed by atoms with Crippen molar-refractivity contribution in [3.63, 3.8) is 0 Å². The van der Waals surface area contributed by atoms with E-state index in [-0.39, 0.29) is 5.41 Å². The van der Waals surface area contributed by atoms with E-state index in [1.807, 2.05) is 12.1 Å². The molecule has 0 fully saturated rings. The molecule has 0 spiro atoms. The fourth-order valence-corrected chi connectivity index (χ4v) is 8.73. The average molecular weight is 743 g/mol. The van der Waals surface area contributed by atoms with Crippen molar-refractivity contribution in [3.05, 3.63) is 153 Å². The maximum absolute atomic E-state index is 5.12. The third kappa shape index (κ3) is 10.4. The van der Waals surface area contributed by atoms with Gasteiger partial charge in [0.1, 0.15) is 0 Å². The molecule has 0 amide bonds. The average Bonchev–Trinajstić information content (AvgIpc) is 3.49. The highest BCUT2D eigenvalue weighted by Gasteiger charge is 2.44. The Morgan fingerprint density at radius 2 is 0.982 bits per heavy atom. The highest BCUT2D eigenvalue weighted by Crippen LogP contribution is 2.56. The Balaban J connectivity index is 1.25. The van der Waals surface area contributed by atoms with Crippen LogP contribution < -0.4 is 0 Å². The molecule has 5 aromatic carbocycles. The number of rotatable bonds is 17. The van der Waals surface area contributed by atoms with E-state index >= 15 is 0 Å². The van der Waals surface area contributed by atoms with Crippen LogP contribution in [0.3, 0.4) is 0 Å². The normalized spacial score (nSPS) is 11.8. The maximum atomic E-state index is 5.12. The molecule has 0 aliphatic heterocycles. The first kappa shape index (κ1) is 41.0. The SMILES string of the molecule is C#CC#CC#CC#Cc1ccc(-c2ccc(CCCCC3(c4cc(CCCCCC)cc(CCCCCC)c4)c4cc(C)ccc4-c4ccc(C)cc43)cc2)cc1. The van der Waals surface area contributed by atoms with E-state index in [1.165, 1.54) is 131 Å². The van der Waals surface area contributed by atoms with Gasteiger partial charge in [0.2, 0.25) is 0 Å². The van der Waals surface area contributed by atoms with Gasteiger partial charge in [0.15, 0.2) is 0 Å². The molecule has 0 aromatic heterocycles. The van der Waals surface area contributed by atoms with Gasteiger partial charge >= 0.3 is 0 Å². The minimum atomic E-state index is -0.163. The molecule has 0 atom stereocenters. The maximum Gasteiger partial charge on any atom is 0.0464 e. The summed E-state index contributed by atoms with van der Waals surface area (Å²) < 4.78 is 0. The Hall–Kier alpha value is -5.66. The molecular formula is C57H58. The molecule has 5 aromatic rings. The van der Waals surface area contributed by atoms with Gasteiger partial charge in [-0.25, -0.2) is 0 Å². The zero-order valence-corrected chi connectivity index (χ0v) is 34.8. The van der Waals surface area contributed by atoms with Gasteiger partial charge in [-0.15, -0.1) is 6.42 Å². The van der Waals surface area contributed by atoms with Crippen LogP contribution in [-0.4, -0.2) is 0 Å². The fraction of sp³-hybridized carbons (Fsp3) is 0.333. The number of hydrogen-bond donors (Lipinski definition) is 0. The van der Waals surface area contributed by atoms with Crippen LogP contribution in [0, 0.1) is 61.7 Å². The molecule has 1 aliphatic carbocycles. The van der Waals surface area contributed by atoms with Crippen molar-refractivity contribution >= 4 is 0 Å². The lowest BCUT2D eigenvalue weighted by Crippen LogP contribution is -2.28. The van der Waals surface area contributed by atoms with Crippen molar-refractivity contribution in [1.82, 2.24) is 0 Å². The second kappa shape index (κ2) is 20.5. The molecule has 0 saturated carbocycles. The number of benzene rings is 5. The van der Waals surface area contributed by atoms with Crippen molar-refractivity contribution in [1.29, 1.82) is 0 Å². The summed E-state index contributed by atoms with van der Waals surface area (Å²) >= 11 is 0. The second-order valence-electron chi connectivity index (χ2n) is 16.0. The number of terminal acetylenes is 1. The van der Waals surface area contributed by atoms with Crippen molar-refractivity contribution in [2.24, 2.45) is 0 Å². The van der Waals surface area contributed by atoms with E-state index in [0.717, 1.165) is 31.2 Å². The molecule has 1 aliphatic rings. The van der Waals surface area contributed by atoms with Gasteiger partial charge in [0, 0.05) is 11.0 Å². The molecule has 286 valence electrons. The lowest BCUT2D eigenvalue weighted by atomic mass is 9.68. The topological polar surface area (TPSA) is 0 Å². The highest BCUT2D eigenvalue weighted by atomic mass is 14.5. The van der Waals surface area contributed by atoms with Crippen molar-refractivity contribution in [2.45, 2.75) is 123 Å². The standard InChI is InChI=1S/C57H58/c1-6-9-12-15-16-19-22-46-28-32-50(33-29-46)51-34-30-47(31-35-51)23-20-21-38-57(55-39-44(4)26-36-53(55)54-37-27-45(5)40-56(54)57)52-42-48(24-17-13-10-7-2)41-49(43-52)25-18-14-11-8-3/h1,26-37,39-43H,7-8,10-11,13-14,17-18,20-21,23-25,38H2,2-5H3. The summed E-state index contributed by atoms with van der Waals surface area (Å²) in [5.41, 5.74) is 17.7. The van der Waals surface area contributed by atoms with Crippen LogP contribution in [0.2, 0.25) is 0 Å². The van der Waals surface area contributed by atoms with Crippen LogP contribution in [0.25, 0.3) is 22.3 Å². The number of hydrogen-bond acceptors (Lipinski definition) is 0. The largest absolute Gasteiger partial charge is 0.106 e. The van der Waals surface area contributed by atoms with Crippen molar-refractivity contribution < 1.29 is 0 Å². The smallest absolute Gasteiger partial charge is 0.0464 e. The predicted octanol–water partition coefficient (Wildman–Crippen LogP) is 13.9. The Labute approximate surface area is 345 Å². The van der Waals surface area contributed by atoms with Gasteiger partial charge in [-0.1, -0.05) is 167 Å². The van der Waals surface area contributed by atoms with Crippen LogP contribution in [0.15, 0.2) is 103 Å². The molecule has 0 radical (unpaired) electrons. The van der Waals surface area contributed by atoms with Crippen molar-refractivity contribution in [2.75, 3.05) is 0 Å². The molecule has 0 bridgehead atoms. The highest BCUT2D eigenvalue weighted by molar-refractivity contribution is 5.84. The quantitative estimate of drug-likeness (QED) is 0.0657. The van der Waals surface area contributed by atoms with E-state index in [1.54, 1.807) is 0 Å². The monoisotopic (exact) mass is 742 g/mol. The minimum Gasteiger partial charge on any atom is -0.106 e. The molecule has 0 heterocycles. The number of unbranched alkanes of at least 4 members (excludes halogenated alkanes) is 7. The first-order valence-corrected chi connectivity index (χ1v) is 21.5. The number of aryl methyl sites for hydroxylation is 5. The van der Waals surface area contributed by atoms with E-state index in [9.17, 15) is 0 Å². The Kier molecular flexibility index (Phi) is 14.7. The zero-order valence-electron chi connectivity index (χ0n) is 34.8. The summed E-state index contributed by atoms with van der Waals surface area (Å²) in [6.45, 7) is 9.16. The predicted molar refractivity (Wildman–Crippen MR) is 244 cm³/mol. The van der Waals surface area contributed by atoms with E-state index in [0.29, 0.717) is 0 Å². The van der Waals surface area contributed by atoms with Gasteiger partial charge in [0.05, 0.1) is 0 Å². The van der Waals surface area contributed by atoms with E-state index in [4.69, 9.17) is 6.42 Å². The molecule has 0 N–H and O–H groups in total. The van der Waals surface area contributed by atoms with Gasteiger partial charge < -0.3 is 0 Å². The third-order valence-electron chi connectivity index (χ3n) is 11.7. The lowest BCUT2D eigenvalue weighted by molar-refractivity contribution is 0.526. The van der Waals surface area contributed by atoms with Gasteiger partial charge in [-0.05, 0) is 162 Å². The summed E-state index contributed by atoms with van der Waals surface area (Å²) in [5, 5.41) is 0. The van der Waals surface area contributed by atoms with Crippen LogP contribution in [0.4, 0.5) is 0 Å². The third-order valence-corrected chi connectivity index (χ3v) is 11.7. The molecule has 0 unspecified atom stereocenters. The van der Waals surface area contributed by atoms with Crippen molar-refractivity contribution in [3.8, 4) is 70.1 Å². The van der Waals surface area contributed by atoms with Crippen LogP contribution in [-0.2, 0) is 24.7 Å². The molecular weight excluding hydrogens is 685 g/mol. The van der Waals surface area contributed by atoms with Crippen LogP contribution >= 0.6 is 0 Å². The summed E-state index contributed by atoms with van der Waals surface area (Å²) in [4.78, 5) is 0. The van der Waals surface area contributed by atoms with Crippen LogP contribution in [0.5, 0.6) is 0 Å². The zero-order chi connectivity index (χ0) is 39.9. The molecule has 0 saturated heterocycles. The summed E-state index contributed by atoms with van der Waals surface area (Å²) in [6.07, 6.45) is 22.3. The van der Waals surface area contributed by atoms with Gasteiger partial charge in [-0.3, -0.25) is 0 Å². The Morgan fingerprint density at radius 3 is 1.54 bits per heavy atom. The molecule has 6 rings (SSSR count). The summed E-state index contributed by atoms with van der Waals surface area (Å²) in [7, 11) is 0. The number of fused-ring (bicyclic) bond motifs is 3. The van der Waals surface area contributed by atoms with Gasteiger partial charge in [0.25, 0.3) is 0 Å². The Bertz CT molecular complexity index is 2280. The summed E-state index contributed by atoms with van der Waals surface area (Å²) in [6, 6.07) is 39.7. The van der Waals surface area contributed by atoms with Crippen LogP contribution in [0.1, 0.15) is 135 Å². The minimum absolute atomic E-state index is 0.163. The second-order valence-corrected chi connectivity index (χ2v) is 16.0. The molecule has 0 nitrogen and oxygen atoms in total. The molecule has 0 heteroatoms. The van der Waals surface area contributed by atoms with E-state index in [2.05, 4.69) is 160 Å². The first-order valence-electron chi connectivity index (χ1n) is 21.5. The van der Waals surface area contributed by atoms with Gasteiger partial charge in [-0.2, -0.15) is 0 Å². The first-order chi connectivity index (χ1) is 27.9. The lowest BCUT2D eigenvalue weighted by Gasteiger charge is -2.34.